The molecular formula is C14H21N5. The van der Waals surface area contributed by atoms with Crippen LogP contribution in [-0.2, 0) is 26.6 Å². The number of nitrogens with one attached hydrogen (secondary N) is 1. The molecule has 0 bridgehead atoms. The highest BCUT2D eigenvalue weighted by molar-refractivity contribution is 5.08. The van der Waals surface area contributed by atoms with E-state index in [1.54, 1.807) is 0 Å². The molecule has 3 rings (SSSR count). The summed E-state index contributed by atoms with van der Waals surface area (Å²) in [5.74, 6) is 2.22. The van der Waals surface area contributed by atoms with Gasteiger partial charge in [-0.25, -0.2) is 0 Å². The lowest BCUT2D eigenvalue weighted by molar-refractivity contribution is 0.462. The Balaban J connectivity index is 1.69. The Bertz CT molecular complexity index is 554. The first-order valence-corrected chi connectivity index (χ1v) is 7.01. The van der Waals surface area contributed by atoms with Gasteiger partial charge in [0.25, 0.3) is 0 Å². The average molecular weight is 259 g/mol. The van der Waals surface area contributed by atoms with Crippen molar-refractivity contribution in [2.45, 2.75) is 45.3 Å². The third-order valence-corrected chi connectivity index (χ3v) is 3.92. The molecule has 0 amide bonds. The molecule has 3 heterocycles. The maximum atomic E-state index is 4.36. The molecule has 1 N–H and O–H groups in total. The second-order valence-corrected chi connectivity index (χ2v) is 5.30. The van der Waals surface area contributed by atoms with Crippen molar-refractivity contribution in [3.8, 4) is 0 Å². The maximum Gasteiger partial charge on any atom is 0.149 e. The standard InChI is InChI=1S/C14H21N5/c1-11(15-10-12-6-5-8-18(12)2)14-17-16-13-7-3-4-9-19(13)14/h5-6,8,11,15H,3-4,7,9-10H2,1-2H3. The molecule has 5 heteroatoms. The van der Waals surface area contributed by atoms with Gasteiger partial charge in [0.1, 0.15) is 11.6 Å². The number of fused-ring (bicyclic) bond motifs is 1. The van der Waals surface area contributed by atoms with E-state index in [2.05, 4.69) is 56.9 Å². The van der Waals surface area contributed by atoms with Crippen molar-refractivity contribution in [3.63, 3.8) is 0 Å². The smallest absolute Gasteiger partial charge is 0.149 e. The number of aryl methyl sites for hydroxylation is 2. The van der Waals surface area contributed by atoms with Crippen molar-refractivity contribution in [2.75, 3.05) is 0 Å². The summed E-state index contributed by atoms with van der Waals surface area (Å²) in [5, 5.41) is 12.2. The number of rotatable bonds is 4. The molecule has 0 saturated carbocycles. The highest BCUT2D eigenvalue weighted by atomic mass is 15.3. The fraction of sp³-hybridized carbons (Fsp3) is 0.571. The molecule has 0 spiro atoms. The van der Waals surface area contributed by atoms with Crippen LogP contribution in [-0.4, -0.2) is 19.3 Å². The van der Waals surface area contributed by atoms with Gasteiger partial charge in [-0.2, -0.15) is 0 Å². The van der Waals surface area contributed by atoms with Crippen LogP contribution in [0.2, 0.25) is 0 Å². The van der Waals surface area contributed by atoms with Crippen LogP contribution in [0.4, 0.5) is 0 Å². The second kappa shape index (κ2) is 5.17. The minimum absolute atomic E-state index is 0.231. The van der Waals surface area contributed by atoms with Crippen LogP contribution in [0.25, 0.3) is 0 Å². The Morgan fingerprint density at radius 1 is 1.37 bits per heavy atom. The van der Waals surface area contributed by atoms with Gasteiger partial charge < -0.3 is 14.5 Å². The number of hydrogen-bond acceptors (Lipinski definition) is 3. The first-order valence-electron chi connectivity index (χ1n) is 7.01. The normalized spacial score (nSPS) is 16.3. The van der Waals surface area contributed by atoms with E-state index in [0.29, 0.717) is 0 Å². The molecule has 0 aliphatic carbocycles. The van der Waals surface area contributed by atoms with Crippen LogP contribution in [0, 0.1) is 0 Å². The zero-order chi connectivity index (χ0) is 13.2. The van der Waals surface area contributed by atoms with Gasteiger partial charge in [-0.1, -0.05) is 0 Å². The Morgan fingerprint density at radius 2 is 2.26 bits per heavy atom. The van der Waals surface area contributed by atoms with Crippen molar-refractivity contribution >= 4 is 0 Å². The molecule has 0 radical (unpaired) electrons. The quantitative estimate of drug-likeness (QED) is 0.911. The molecule has 1 unspecified atom stereocenters. The molecule has 2 aromatic heterocycles. The summed E-state index contributed by atoms with van der Waals surface area (Å²) in [7, 11) is 2.07. The van der Waals surface area contributed by atoms with Gasteiger partial charge in [0.05, 0.1) is 6.04 Å². The van der Waals surface area contributed by atoms with Crippen LogP contribution in [0.3, 0.4) is 0 Å². The van der Waals surface area contributed by atoms with E-state index in [-0.39, 0.29) is 6.04 Å². The van der Waals surface area contributed by atoms with Crippen LogP contribution in [0.5, 0.6) is 0 Å². The summed E-state index contributed by atoms with van der Waals surface area (Å²) < 4.78 is 4.42. The average Bonchev–Trinajstić information content (AvgIpc) is 3.02. The minimum atomic E-state index is 0.231. The summed E-state index contributed by atoms with van der Waals surface area (Å²) >= 11 is 0. The predicted octanol–water partition coefficient (Wildman–Crippen LogP) is 1.80. The molecule has 102 valence electrons. The van der Waals surface area contributed by atoms with E-state index in [1.807, 2.05) is 0 Å². The first-order chi connectivity index (χ1) is 9.25. The van der Waals surface area contributed by atoms with Crippen LogP contribution in [0.15, 0.2) is 18.3 Å². The van der Waals surface area contributed by atoms with Crippen LogP contribution >= 0.6 is 0 Å². The summed E-state index contributed by atoms with van der Waals surface area (Å²) in [4.78, 5) is 0. The number of nitrogens with zero attached hydrogens (tertiary/aromatic N) is 4. The van der Waals surface area contributed by atoms with Crippen molar-refractivity contribution in [2.24, 2.45) is 7.05 Å². The van der Waals surface area contributed by atoms with Gasteiger partial charge in [-0.05, 0) is 31.9 Å². The van der Waals surface area contributed by atoms with E-state index in [1.165, 1.54) is 18.5 Å². The molecule has 2 aromatic rings. The van der Waals surface area contributed by atoms with Gasteiger partial charge in [0.15, 0.2) is 0 Å². The summed E-state index contributed by atoms with van der Waals surface area (Å²) in [6.45, 7) is 4.08. The highest BCUT2D eigenvalue weighted by Gasteiger charge is 2.19. The fourth-order valence-corrected chi connectivity index (χ4v) is 2.68. The van der Waals surface area contributed by atoms with E-state index in [9.17, 15) is 0 Å². The van der Waals surface area contributed by atoms with Crippen molar-refractivity contribution in [3.05, 3.63) is 35.7 Å². The highest BCUT2D eigenvalue weighted by Crippen LogP contribution is 2.19. The van der Waals surface area contributed by atoms with E-state index in [0.717, 1.165) is 31.2 Å². The van der Waals surface area contributed by atoms with Crippen molar-refractivity contribution < 1.29 is 0 Å². The third-order valence-electron chi connectivity index (χ3n) is 3.92. The first kappa shape index (κ1) is 12.4. The zero-order valence-electron chi connectivity index (χ0n) is 11.6. The van der Waals surface area contributed by atoms with Gasteiger partial charge in [0.2, 0.25) is 0 Å². The Morgan fingerprint density at radius 3 is 3.05 bits per heavy atom. The van der Waals surface area contributed by atoms with E-state index < -0.39 is 0 Å². The lowest BCUT2D eigenvalue weighted by Crippen LogP contribution is -2.24. The number of hydrogen-bond donors (Lipinski definition) is 1. The number of aromatic nitrogens is 4. The topological polar surface area (TPSA) is 47.7 Å². The monoisotopic (exact) mass is 259 g/mol. The molecule has 0 saturated heterocycles. The fourth-order valence-electron chi connectivity index (χ4n) is 2.68. The molecule has 1 aliphatic heterocycles. The van der Waals surface area contributed by atoms with Gasteiger partial charge in [-0.15, -0.1) is 10.2 Å². The lowest BCUT2D eigenvalue weighted by Gasteiger charge is -2.19. The van der Waals surface area contributed by atoms with Gasteiger partial charge >= 0.3 is 0 Å². The lowest BCUT2D eigenvalue weighted by atomic mass is 10.1. The van der Waals surface area contributed by atoms with Crippen LogP contribution in [0.1, 0.15) is 43.1 Å². The summed E-state index contributed by atoms with van der Waals surface area (Å²) in [6.07, 6.45) is 5.62. The second-order valence-electron chi connectivity index (χ2n) is 5.30. The zero-order valence-corrected chi connectivity index (χ0v) is 11.6. The molecule has 19 heavy (non-hydrogen) atoms. The Kier molecular flexibility index (Phi) is 3.38. The van der Waals surface area contributed by atoms with E-state index in [4.69, 9.17) is 0 Å². The predicted molar refractivity (Wildman–Crippen MR) is 73.6 cm³/mol. The maximum absolute atomic E-state index is 4.36. The van der Waals surface area contributed by atoms with E-state index >= 15 is 0 Å². The molecular weight excluding hydrogens is 238 g/mol. The summed E-state index contributed by atoms with van der Waals surface area (Å²) in [5.41, 5.74) is 1.28. The molecule has 1 aliphatic rings. The molecule has 0 aromatic carbocycles. The summed E-state index contributed by atoms with van der Waals surface area (Å²) in [6, 6.07) is 4.44. The largest absolute Gasteiger partial charge is 0.353 e. The Hall–Kier alpha value is -1.62. The molecule has 1 atom stereocenters. The SMILES string of the molecule is CC(NCc1cccn1C)c1nnc2n1CCCC2. The Labute approximate surface area is 113 Å². The van der Waals surface area contributed by atoms with Crippen molar-refractivity contribution in [1.82, 2.24) is 24.6 Å². The van der Waals surface area contributed by atoms with Gasteiger partial charge in [0, 0.05) is 38.4 Å². The molecule has 0 fully saturated rings. The van der Waals surface area contributed by atoms with Crippen molar-refractivity contribution in [1.29, 1.82) is 0 Å². The van der Waals surface area contributed by atoms with Gasteiger partial charge in [-0.3, -0.25) is 0 Å². The third kappa shape index (κ3) is 2.42. The minimum Gasteiger partial charge on any atom is -0.353 e. The van der Waals surface area contributed by atoms with Crippen LogP contribution < -0.4 is 5.32 Å². The molecule has 5 nitrogen and oxygen atoms in total.